The number of hydrogen-bond donors (Lipinski definition) is 2. The van der Waals surface area contributed by atoms with E-state index in [-0.39, 0.29) is 22.4 Å². The SMILES string of the molecule is Cc1nc(NN)nc(Sc2cnccn2)c1[N+](=O)[O-]. The first kappa shape index (κ1) is 13.1. The molecule has 0 amide bonds. The molecule has 19 heavy (non-hydrogen) atoms. The topological polar surface area (TPSA) is 133 Å². The molecule has 0 radical (unpaired) electrons. The van der Waals surface area contributed by atoms with Crippen LogP contribution >= 0.6 is 11.8 Å². The molecule has 2 rings (SSSR count). The fraction of sp³-hybridized carbons (Fsp3) is 0.111. The van der Waals surface area contributed by atoms with Crippen LogP contribution in [0, 0.1) is 17.0 Å². The third kappa shape index (κ3) is 2.92. The molecular weight excluding hydrogens is 270 g/mol. The van der Waals surface area contributed by atoms with Gasteiger partial charge in [-0.3, -0.25) is 20.5 Å². The molecule has 0 bridgehead atoms. The minimum atomic E-state index is -0.533. The Hall–Kier alpha value is -2.33. The Labute approximate surface area is 111 Å². The van der Waals surface area contributed by atoms with Gasteiger partial charge in [0.25, 0.3) is 0 Å². The summed E-state index contributed by atoms with van der Waals surface area (Å²) in [5.41, 5.74) is 2.32. The Morgan fingerprint density at radius 2 is 2.21 bits per heavy atom. The van der Waals surface area contributed by atoms with Crippen LogP contribution in [-0.4, -0.2) is 24.9 Å². The van der Waals surface area contributed by atoms with Gasteiger partial charge in [0.15, 0.2) is 5.03 Å². The van der Waals surface area contributed by atoms with Crippen molar-refractivity contribution in [1.29, 1.82) is 0 Å². The average Bonchev–Trinajstić information content (AvgIpc) is 2.38. The first-order chi connectivity index (χ1) is 9.11. The summed E-state index contributed by atoms with van der Waals surface area (Å²) in [6.45, 7) is 1.52. The van der Waals surface area contributed by atoms with Gasteiger partial charge in [0, 0.05) is 12.4 Å². The van der Waals surface area contributed by atoms with E-state index >= 15 is 0 Å². The third-order valence-corrected chi connectivity index (χ3v) is 2.98. The van der Waals surface area contributed by atoms with Gasteiger partial charge in [-0.1, -0.05) is 0 Å². The lowest BCUT2D eigenvalue weighted by Gasteiger charge is -2.05. The standard InChI is InChI=1S/C9H9N7O2S/c1-5-7(16(17)18)8(14-9(13-5)15-10)19-6-4-11-2-3-12-6/h2-4H,10H2,1H3,(H,13,14,15). The van der Waals surface area contributed by atoms with Crippen LogP contribution in [-0.2, 0) is 0 Å². The van der Waals surface area contributed by atoms with E-state index in [1.54, 1.807) is 0 Å². The van der Waals surface area contributed by atoms with Crippen LogP contribution in [0.3, 0.4) is 0 Å². The van der Waals surface area contributed by atoms with Crippen LogP contribution in [0.1, 0.15) is 5.69 Å². The van der Waals surface area contributed by atoms with Gasteiger partial charge >= 0.3 is 5.69 Å². The van der Waals surface area contributed by atoms with E-state index in [9.17, 15) is 10.1 Å². The molecule has 3 N–H and O–H groups in total. The lowest BCUT2D eigenvalue weighted by atomic mass is 10.4. The van der Waals surface area contributed by atoms with Gasteiger partial charge in [-0.05, 0) is 18.7 Å². The summed E-state index contributed by atoms with van der Waals surface area (Å²) in [6, 6.07) is 0. The van der Waals surface area contributed by atoms with Crippen molar-refractivity contribution < 1.29 is 4.92 Å². The number of hydrazine groups is 1. The number of nitrogens with two attached hydrogens (primary N) is 1. The van der Waals surface area contributed by atoms with Crippen molar-refractivity contribution >= 4 is 23.4 Å². The summed E-state index contributed by atoms with van der Waals surface area (Å²) in [7, 11) is 0. The molecule has 0 aliphatic heterocycles. The number of nitrogen functional groups attached to an aromatic ring is 1. The van der Waals surface area contributed by atoms with Crippen LogP contribution in [0.25, 0.3) is 0 Å². The highest BCUT2D eigenvalue weighted by Crippen LogP contribution is 2.33. The monoisotopic (exact) mass is 279 g/mol. The summed E-state index contributed by atoms with van der Waals surface area (Å²) in [5.74, 6) is 5.33. The Kier molecular flexibility index (Phi) is 3.82. The normalized spacial score (nSPS) is 10.2. The molecule has 2 heterocycles. The minimum Gasteiger partial charge on any atom is -0.292 e. The van der Waals surface area contributed by atoms with E-state index in [1.807, 2.05) is 0 Å². The second kappa shape index (κ2) is 5.54. The van der Waals surface area contributed by atoms with E-state index < -0.39 is 4.92 Å². The quantitative estimate of drug-likeness (QED) is 0.362. The van der Waals surface area contributed by atoms with Crippen molar-refractivity contribution in [3.63, 3.8) is 0 Å². The highest BCUT2D eigenvalue weighted by atomic mass is 32.2. The Morgan fingerprint density at radius 1 is 1.42 bits per heavy atom. The zero-order chi connectivity index (χ0) is 13.8. The Balaban J connectivity index is 2.48. The van der Waals surface area contributed by atoms with Crippen LogP contribution in [0.5, 0.6) is 0 Å². The van der Waals surface area contributed by atoms with E-state index in [0.717, 1.165) is 11.8 Å². The molecule has 0 atom stereocenters. The second-order valence-electron chi connectivity index (χ2n) is 3.33. The minimum absolute atomic E-state index is 0.106. The molecule has 0 aliphatic carbocycles. The molecule has 9 nitrogen and oxygen atoms in total. The number of hydrogen-bond acceptors (Lipinski definition) is 9. The maximum Gasteiger partial charge on any atom is 0.322 e. The van der Waals surface area contributed by atoms with Gasteiger partial charge < -0.3 is 0 Å². The lowest BCUT2D eigenvalue weighted by Crippen LogP contribution is -2.12. The van der Waals surface area contributed by atoms with E-state index in [4.69, 9.17) is 5.84 Å². The van der Waals surface area contributed by atoms with Crippen LogP contribution < -0.4 is 11.3 Å². The summed E-state index contributed by atoms with van der Waals surface area (Å²) in [4.78, 5) is 26.3. The van der Waals surface area contributed by atoms with Gasteiger partial charge in [-0.25, -0.2) is 15.8 Å². The predicted octanol–water partition coefficient (Wildman–Crippen LogP) is 0.920. The second-order valence-corrected chi connectivity index (χ2v) is 4.34. The number of aromatic nitrogens is 4. The van der Waals surface area contributed by atoms with Crippen molar-refractivity contribution in [2.75, 3.05) is 5.43 Å². The summed E-state index contributed by atoms with van der Waals surface area (Å²) in [6.07, 6.45) is 4.49. The van der Waals surface area contributed by atoms with Crippen LogP contribution in [0.15, 0.2) is 28.6 Å². The number of aryl methyl sites for hydroxylation is 1. The Bertz CT molecular complexity index is 607. The maximum absolute atomic E-state index is 11.1. The molecule has 0 aromatic carbocycles. The van der Waals surface area contributed by atoms with E-state index in [1.165, 1.54) is 25.5 Å². The first-order valence-electron chi connectivity index (χ1n) is 5.05. The van der Waals surface area contributed by atoms with Gasteiger partial charge in [0.05, 0.1) is 11.1 Å². The van der Waals surface area contributed by atoms with E-state index in [2.05, 4.69) is 25.4 Å². The zero-order valence-electron chi connectivity index (χ0n) is 9.77. The van der Waals surface area contributed by atoms with Crippen LogP contribution in [0.2, 0.25) is 0 Å². The zero-order valence-corrected chi connectivity index (χ0v) is 10.6. The third-order valence-electron chi connectivity index (χ3n) is 2.08. The van der Waals surface area contributed by atoms with Crippen molar-refractivity contribution in [1.82, 2.24) is 19.9 Å². The number of nitro groups is 1. The van der Waals surface area contributed by atoms with E-state index in [0.29, 0.717) is 5.03 Å². The molecule has 0 unspecified atom stereocenters. The van der Waals surface area contributed by atoms with Gasteiger partial charge in [-0.15, -0.1) is 0 Å². The first-order valence-corrected chi connectivity index (χ1v) is 5.87. The summed E-state index contributed by atoms with van der Waals surface area (Å²) in [5, 5.41) is 11.7. The van der Waals surface area contributed by atoms with Gasteiger partial charge in [0.2, 0.25) is 5.95 Å². The number of anilines is 1. The van der Waals surface area contributed by atoms with Crippen molar-refractivity contribution in [2.45, 2.75) is 17.0 Å². The summed E-state index contributed by atoms with van der Waals surface area (Å²) >= 11 is 1.02. The number of nitrogens with one attached hydrogen (secondary N) is 1. The fourth-order valence-corrected chi connectivity index (χ4v) is 2.20. The highest BCUT2D eigenvalue weighted by Gasteiger charge is 2.23. The molecule has 0 aliphatic rings. The molecule has 0 saturated heterocycles. The van der Waals surface area contributed by atoms with Gasteiger partial charge in [-0.2, -0.15) is 4.98 Å². The molecule has 2 aromatic heterocycles. The smallest absolute Gasteiger partial charge is 0.292 e. The number of nitrogens with zero attached hydrogens (tertiary/aromatic N) is 5. The average molecular weight is 279 g/mol. The molecule has 0 spiro atoms. The lowest BCUT2D eigenvalue weighted by molar-refractivity contribution is -0.389. The van der Waals surface area contributed by atoms with Crippen LogP contribution in [0.4, 0.5) is 11.6 Å². The molecular formula is C9H9N7O2S. The molecule has 2 aromatic rings. The number of rotatable bonds is 4. The van der Waals surface area contributed by atoms with Crippen molar-refractivity contribution in [3.05, 3.63) is 34.4 Å². The molecule has 10 heteroatoms. The highest BCUT2D eigenvalue weighted by molar-refractivity contribution is 7.99. The largest absolute Gasteiger partial charge is 0.322 e. The fourth-order valence-electron chi connectivity index (χ4n) is 1.32. The Morgan fingerprint density at radius 3 is 2.79 bits per heavy atom. The molecule has 0 fully saturated rings. The van der Waals surface area contributed by atoms with Crippen molar-refractivity contribution in [3.8, 4) is 0 Å². The maximum atomic E-state index is 11.1. The molecule has 98 valence electrons. The predicted molar refractivity (Wildman–Crippen MR) is 67.4 cm³/mol. The molecule has 0 saturated carbocycles. The van der Waals surface area contributed by atoms with Crippen molar-refractivity contribution in [2.24, 2.45) is 5.84 Å². The summed E-state index contributed by atoms with van der Waals surface area (Å²) < 4.78 is 0. The van der Waals surface area contributed by atoms with Gasteiger partial charge in [0.1, 0.15) is 10.7 Å².